The Morgan fingerprint density at radius 2 is 2.35 bits per heavy atom. The molecule has 1 aromatic heterocycles. The van der Waals surface area contributed by atoms with Gasteiger partial charge in [0.1, 0.15) is 5.82 Å². The van der Waals surface area contributed by atoms with E-state index in [0.29, 0.717) is 0 Å². The van der Waals surface area contributed by atoms with Crippen molar-refractivity contribution in [2.75, 3.05) is 24.5 Å². The second-order valence-corrected chi connectivity index (χ2v) is 5.37. The van der Waals surface area contributed by atoms with Crippen LogP contribution in [-0.2, 0) is 6.42 Å². The summed E-state index contributed by atoms with van der Waals surface area (Å²) in [6.45, 7) is 7.13. The van der Waals surface area contributed by atoms with Crippen LogP contribution in [0.1, 0.15) is 38.9 Å². The van der Waals surface area contributed by atoms with Crippen LogP contribution in [-0.4, -0.2) is 34.8 Å². The van der Waals surface area contributed by atoms with E-state index in [-0.39, 0.29) is 5.41 Å². The highest BCUT2D eigenvalue weighted by Crippen LogP contribution is 2.29. The SMILES string of the molecule is CCCc1nc(N2CCCC(C)(CN)C2)n[nH]1. The summed E-state index contributed by atoms with van der Waals surface area (Å²) in [4.78, 5) is 6.80. The van der Waals surface area contributed by atoms with Crippen molar-refractivity contribution in [3.63, 3.8) is 0 Å². The summed E-state index contributed by atoms with van der Waals surface area (Å²) in [6, 6.07) is 0. The summed E-state index contributed by atoms with van der Waals surface area (Å²) >= 11 is 0. The number of aromatic amines is 1. The summed E-state index contributed by atoms with van der Waals surface area (Å²) in [6.07, 6.45) is 4.43. The molecule has 3 N–H and O–H groups in total. The number of H-pyrrole nitrogens is 1. The molecule has 0 saturated carbocycles. The van der Waals surface area contributed by atoms with Crippen LogP contribution in [0.2, 0.25) is 0 Å². The first-order valence-electron chi connectivity index (χ1n) is 6.53. The highest BCUT2D eigenvalue weighted by Gasteiger charge is 2.31. The van der Waals surface area contributed by atoms with Crippen molar-refractivity contribution in [3.05, 3.63) is 5.82 Å². The van der Waals surface area contributed by atoms with E-state index in [0.717, 1.165) is 44.2 Å². The molecule has 0 aliphatic carbocycles. The van der Waals surface area contributed by atoms with E-state index in [4.69, 9.17) is 5.73 Å². The highest BCUT2D eigenvalue weighted by atomic mass is 15.4. The fraction of sp³-hybridized carbons (Fsp3) is 0.833. The van der Waals surface area contributed by atoms with Gasteiger partial charge >= 0.3 is 0 Å². The second-order valence-electron chi connectivity index (χ2n) is 5.37. The highest BCUT2D eigenvalue weighted by molar-refractivity contribution is 5.30. The van der Waals surface area contributed by atoms with E-state index in [9.17, 15) is 0 Å². The number of nitrogens with two attached hydrogens (primary N) is 1. The van der Waals surface area contributed by atoms with Gasteiger partial charge in [-0.1, -0.05) is 13.8 Å². The topological polar surface area (TPSA) is 70.8 Å². The minimum atomic E-state index is 0.212. The molecule has 96 valence electrons. The van der Waals surface area contributed by atoms with E-state index in [1.807, 2.05) is 0 Å². The van der Waals surface area contributed by atoms with Gasteiger partial charge in [0, 0.05) is 19.5 Å². The molecule has 2 heterocycles. The van der Waals surface area contributed by atoms with E-state index in [2.05, 4.69) is 33.9 Å². The molecule has 1 aliphatic rings. The maximum Gasteiger partial charge on any atom is 0.244 e. The monoisotopic (exact) mass is 237 g/mol. The molecule has 0 radical (unpaired) electrons. The number of nitrogens with one attached hydrogen (secondary N) is 1. The maximum absolute atomic E-state index is 5.86. The van der Waals surface area contributed by atoms with E-state index < -0.39 is 0 Å². The molecule has 1 aromatic rings. The second kappa shape index (κ2) is 5.04. The lowest BCUT2D eigenvalue weighted by molar-refractivity contribution is 0.270. The average Bonchev–Trinajstić information content (AvgIpc) is 2.78. The van der Waals surface area contributed by atoms with Crippen molar-refractivity contribution in [1.82, 2.24) is 15.2 Å². The molecule has 0 amide bonds. The lowest BCUT2D eigenvalue weighted by Crippen LogP contribution is -2.46. The molecule has 1 fully saturated rings. The van der Waals surface area contributed by atoms with Crippen molar-refractivity contribution >= 4 is 5.95 Å². The van der Waals surface area contributed by atoms with Gasteiger partial charge in [0.15, 0.2) is 0 Å². The van der Waals surface area contributed by atoms with Crippen molar-refractivity contribution in [3.8, 4) is 0 Å². The van der Waals surface area contributed by atoms with Crippen LogP contribution in [0.3, 0.4) is 0 Å². The Hall–Kier alpha value is -1.10. The molecule has 2 rings (SSSR count). The zero-order chi connectivity index (χ0) is 12.3. The van der Waals surface area contributed by atoms with Gasteiger partial charge in [-0.15, -0.1) is 5.10 Å². The van der Waals surface area contributed by atoms with Crippen LogP contribution in [0, 0.1) is 5.41 Å². The summed E-state index contributed by atoms with van der Waals surface area (Å²) in [5.41, 5.74) is 6.07. The van der Waals surface area contributed by atoms with Gasteiger partial charge in [0.25, 0.3) is 0 Å². The Bertz CT molecular complexity index is 362. The summed E-state index contributed by atoms with van der Waals surface area (Å²) < 4.78 is 0. The Kier molecular flexibility index (Phi) is 3.66. The van der Waals surface area contributed by atoms with Crippen LogP contribution >= 0.6 is 0 Å². The largest absolute Gasteiger partial charge is 0.339 e. The molecule has 5 heteroatoms. The zero-order valence-corrected chi connectivity index (χ0v) is 10.9. The maximum atomic E-state index is 5.86. The van der Waals surface area contributed by atoms with E-state index >= 15 is 0 Å². The van der Waals surface area contributed by atoms with Gasteiger partial charge in [-0.05, 0) is 31.2 Å². The summed E-state index contributed by atoms with van der Waals surface area (Å²) in [7, 11) is 0. The minimum absolute atomic E-state index is 0.212. The summed E-state index contributed by atoms with van der Waals surface area (Å²) in [5, 5.41) is 7.32. The minimum Gasteiger partial charge on any atom is -0.339 e. The van der Waals surface area contributed by atoms with Gasteiger partial charge in [0.2, 0.25) is 5.95 Å². The molecule has 17 heavy (non-hydrogen) atoms. The van der Waals surface area contributed by atoms with Crippen molar-refractivity contribution < 1.29 is 0 Å². The van der Waals surface area contributed by atoms with Gasteiger partial charge < -0.3 is 10.6 Å². The van der Waals surface area contributed by atoms with Gasteiger partial charge in [-0.25, -0.2) is 0 Å². The predicted molar refractivity (Wildman–Crippen MR) is 69.0 cm³/mol. The first-order chi connectivity index (χ1) is 8.17. The molecular weight excluding hydrogens is 214 g/mol. The van der Waals surface area contributed by atoms with Crippen LogP contribution in [0.4, 0.5) is 5.95 Å². The van der Waals surface area contributed by atoms with Crippen LogP contribution in [0.5, 0.6) is 0 Å². The fourth-order valence-electron chi connectivity index (χ4n) is 2.43. The third-order valence-corrected chi connectivity index (χ3v) is 3.56. The van der Waals surface area contributed by atoms with Crippen molar-refractivity contribution in [2.45, 2.75) is 39.5 Å². The molecule has 0 bridgehead atoms. The molecule has 1 saturated heterocycles. The number of aryl methyl sites for hydroxylation is 1. The number of piperidine rings is 1. The molecular formula is C12H23N5. The average molecular weight is 237 g/mol. The Balaban J connectivity index is 2.05. The number of hydrogen-bond acceptors (Lipinski definition) is 4. The number of anilines is 1. The third kappa shape index (κ3) is 2.77. The first-order valence-corrected chi connectivity index (χ1v) is 6.53. The standard InChI is InChI=1S/C12H23N5/c1-3-5-10-14-11(16-15-10)17-7-4-6-12(2,8-13)9-17/h3-9,13H2,1-2H3,(H,14,15,16). The number of aromatic nitrogens is 3. The van der Waals surface area contributed by atoms with Crippen LogP contribution in [0.15, 0.2) is 0 Å². The quantitative estimate of drug-likeness (QED) is 0.828. The molecule has 5 nitrogen and oxygen atoms in total. The zero-order valence-electron chi connectivity index (χ0n) is 10.9. The van der Waals surface area contributed by atoms with Gasteiger partial charge in [-0.3, -0.25) is 5.10 Å². The number of hydrogen-bond donors (Lipinski definition) is 2. The Morgan fingerprint density at radius 3 is 3.06 bits per heavy atom. The van der Waals surface area contributed by atoms with E-state index in [1.165, 1.54) is 12.8 Å². The Morgan fingerprint density at radius 1 is 1.53 bits per heavy atom. The first kappa shape index (κ1) is 12.4. The van der Waals surface area contributed by atoms with Gasteiger partial charge in [0.05, 0.1) is 0 Å². The van der Waals surface area contributed by atoms with Crippen molar-refractivity contribution in [1.29, 1.82) is 0 Å². The Labute approximate surface area is 103 Å². The van der Waals surface area contributed by atoms with Crippen molar-refractivity contribution in [2.24, 2.45) is 11.1 Å². The van der Waals surface area contributed by atoms with Crippen LogP contribution in [0.25, 0.3) is 0 Å². The fourth-order valence-corrected chi connectivity index (χ4v) is 2.43. The third-order valence-electron chi connectivity index (χ3n) is 3.56. The van der Waals surface area contributed by atoms with E-state index in [1.54, 1.807) is 0 Å². The molecule has 1 unspecified atom stereocenters. The molecule has 0 spiro atoms. The van der Waals surface area contributed by atoms with Gasteiger partial charge in [-0.2, -0.15) is 4.98 Å². The molecule has 1 atom stereocenters. The lowest BCUT2D eigenvalue weighted by atomic mass is 9.82. The number of nitrogens with zero attached hydrogens (tertiary/aromatic N) is 3. The summed E-state index contributed by atoms with van der Waals surface area (Å²) in [5.74, 6) is 1.83. The number of rotatable bonds is 4. The van der Waals surface area contributed by atoms with Crippen LogP contribution < -0.4 is 10.6 Å². The normalized spacial score (nSPS) is 25.2. The smallest absolute Gasteiger partial charge is 0.244 e. The predicted octanol–water partition coefficient (Wildman–Crippen LogP) is 1.32. The molecule has 1 aliphatic heterocycles. The molecule has 0 aromatic carbocycles. The lowest BCUT2D eigenvalue weighted by Gasteiger charge is -2.39.